The van der Waals surface area contributed by atoms with E-state index in [0.29, 0.717) is 28.7 Å². The number of aromatic nitrogens is 2. The van der Waals surface area contributed by atoms with E-state index in [1.165, 1.54) is 0 Å². The van der Waals surface area contributed by atoms with Crippen LogP contribution in [0.15, 0.2) is 6.20 Å². The third-order valence-corrected chi connectivity index (χ3v) is 4.98. The van der Waals surface area contributed by atoms with Crippen molar-refractivity contribution in [3.05, 3.63) is 11.2 Å². The number of nitrogens with zero attached hydrogens (tertiary/aromatic N) is 2. The second kappa shape index (κ2) is 5.04. The van der Waals surface area contributed by atoms with Crippen LogP contribution in [-0.2, 0) is 4.79 Å². The maximum absolute atomic E-state index is 12.3. The standard InChI is InChI=1S/C14H21ClN4O/c1-7(2)19-6-11(15)13(18-19)17-14(20)9-3-8-5-12(16)10(8)4-9/h6-10,12H,3-5,16H2,1-2H3,(H,17,18,20). The van der Waals surface area contributed by atoms with Crippen molar-refractivity contribution in [3.63, 3.8) is 0 Å². The van der Waals surface area contributed by atoms with Crippen molar-refractivity contribution in [2.45, 2.75) is 45.2 Å². The Kier molecular flexibility index (Phi) is 3.50. The minimum atomic E-state index is 0.0301. The van der Waals surface area contributed by atoms with Crippen molar-refractivity contribution < 1.29 is 4.79 Å². The molecule has 3 N–H and O–H groups in total. The van der Waals surface area contributed by atoms with Crippen molar-refractivity contribution in [3.8, 4) is 0 Å². The SMILES string of the molecule is CC(C)n1cc(Cl)c(NC(=O)C2CC3CC(N)C3C2)n1. The fourth-order valence-corrected chi connectivity index (χ4v) is 3.62. The average Bonchev–Trinajstić information content (AvgIpc) is 2.91. The van der Waals surface area contributed by atoms with Gasteiger partial charge >= 0.3 is 0 Å². The molecule has 110 valence electrons. The van der Waals surface area contributed by atoms with Crippen molar-refractivity contribution in [1.82, 2.24) is 9.78 Å². The van der Waals surface area contributed by atoms with E-state index in [4.69, 9.17) is 17.3 Å². The highest BCUT2D eigenvalue weighted by molar-refractivity contribution is 6.33. The zero-order valence-electron chi connectivity index (χ0n) is 11.8. The first kappa shape index (κ1) is 13.9. The lowest BCUT2D eigenvalue weighted by Crippen LogP contribution is -2.44. The van der Waals surface area contributed by atoms with E-state index < -0.39 is 0 Å². The first-order valence-electron chi connectivity index (χ1n) is 7.26. The number of nitrogens with one attached hydrogen (secondary N) is 1. The molecule has 0 bridgehead atoms. The summed E-state index contributed by atoms with van der Waals surface area (Å²) in [4.78, 5) is 12.3. The molecule has 1 amide bonds. The molecule has 1 heterocycles. The van der Waals surface area contributed by atoms with Crippen molar-refractivity contribution in [1.29, 1.82) is 0 Å². The minimum absolute atomic E-state index is 0.0301. The molecule has 0 aromatic carbocycles. The summed E-state index contributed by atoms with van der Waals surface area (Å²) >= 11 is 6.11. The van der Waals surface area contributed by atoms with Crippen LogP contribution in [0, 0.1) is 17.8 Å². The summed E-state index contributed by atoms with van der Waals surface area (Å²) in [5, 5.41) is 7.68. The molecule has 1 aromatic rings. The largest absolute Gasteiger partial charge is 0.327 e. The smallest absolute Gasteiger partial charge is 0.228 e. The lowest BCUT2D eigenvalue weighted by Gasteiger charge is -2.37. The maximum atomic E-state index is 12.3. The molecule has 3 rings (SSSR count). The van der Waals surface area contributed by atoms with Gasteiger partial charge in [0.1, 0.15) is 5.02 Å². The molecule has 0 radical (unpaired) electrons. The summed E-state index contributed by atoms with van der Waals surface area (Å²) in [7, 11) is 0. The molecule has 0 aliphatic heterocycles. The van der Waals surface area contributed by atoms with E-state index in [1.807, 2.05) is 13.8 Å². The Hall–Kier alpha value is -1.07. The normalized spacial score (nSPS) is 32.0. The van der Waals surface area contributed by atoms with Crippen molar-refractivity contribution in [2.24, 2.45) is 23.5 Å². The van der Waals surface area contributed by atoms with Gasteiger partial charge in [0.05, 0.1) is 0 Å². The first-order chi connectivity index (χ1) is 9.45. The number of halogens is 1. The Balaban J connectivity index is 1.64. The predicted octanol–water partition coefficient (Wildman–Crippen LogP) is 2.43. The number of anilines is 1. The highest BCUT2D eigenvalue weighted by Gasteiger charge is 2.47. The van der Waals surface area contributed by atoms with Gasteiger partial charge in [-0.25, -0.2) is 0 Å². The lowest BCUT2D eigenvalue weighted by molar-refractivity contribution is -0.119. The van der Waals surface area contributed by atoms with Crippen molar-refractivity contribution in [2.75, 3.05) is 5.32 Å². The number of hydrogen-bond donors (Lipinski definition) is 2. The van der Waals surface area contributed by atoms with E-state index >= 15 is 0 Å². The second-order valence-corrected chi connectivity index (χ2v) is 6.79. The maximum Gasteiger partial charge on any atom is 0.228 e. The monoisotopic (exact) mass is 296 g/mol. The first-order valence-corrected chi connectivity index (χ1v) is 7.64. The number of carbonyl (C=O) groups excluding carboxylic acids is 1. The Morgan fingerprint density at radius 2 is 2.25 bits per heavy atom. The summed E-state index contributed by atoms with van der Waals surface area (Å²) in [6, 6.07) is 0.514. The van der Waals surface area contributed by atoms with E-state index in [2.05, 4.69) is 10.4 Å². The number of hydrogen-bond acceptors (Lipinski definition) is 3. The van der Waals surface area contributed by atoms with E-state index in [0.717, 1.165) is 19.3 Å². The topological polar surface area (TPSA) is 72.9 Å². The van der Waals surface area contributed by atoms with Crippen LogP contribution < -0.4 is 11.1 Å². The van der Waals surface area contributed by atoms with Crippen LogP contribution in [0.5, 0.6) is 0 Å². The lowest BCUT2D eigenvalue weighted by atomic mass is 9.72. The molecule has 6 heteroatoms. The molecule has 2 aliphatic carbocycles. The molecule has 2 aliphatic rings. The van der Waals surface area contributed by atoms with Gasteiger partial charge in [0.2, 0.25) is 5.91 Å². The number of carbonyl (C=O) groups is 1. The average molecular weight is 297 g/mol. The van der Waals surface area contributed by atoms with E-state index in [9.17, 15) is 4.79 Å². The highest BCUT2D eigenvalue weighted by Crippen LogP contribution is 2.49. The molecule has 1 aromatic heterocycles. The Morgan fingerprint density at radius 3 is 2.80 bits per heavy atom. The number of rotatable bonds is 3. The van der Waals surface area contributed by atoms with Gasteiger partial charge in [0.25, 0.3) is 0 Å². The Labute approximate surface area is 123 Å². The molecular formula is C14H21ClN4O. The summed E-state index contributed by atoms with van der Waals surface area (Å²) in [5.74, 6) is 1.73. The molecule has 20 heavy (non-hydrogen) atoms. The third kappa shape index (κ3) is 2.33. The Morgan fingerprint density at radius 1 is 1.50 bits per heavy atom. The fraction of sp³-hybridized carbons (Fsp3) is 0.714. The summed E-state index contributed by atoms with van der Waals surface area (Å²) in [6.45, 7) is 4.04. The van der Waals surface area contributed by atoms with Crippen LogP contribution >= 0.6 is 11.6 Å². The quantitative estimate of drug-likeness (QED) is 0.900. The van der Waals surface area contributed by atoms with Gasteiger partial charge < -0.3 is 11.1 Å². The predicted molar refractivity (Wildman–Crippen MR) is 78.5 cm³/mol. The van der Waals surface area contributed by atoms with Gasteiger partial charge in [0, 0.05) is 24.2 Å². The summed E-state index contributed by atoms with van der Waals surface area (Å²) < 4.78 is 1.76. The van der Waals surface area contributed by atoms with Crippen LogP contribution in [0.4, 0.5) is 5.82 Å². The van der Waals surface area contributed by atoms with Gasteiger partial charge in [-0.15, -0.1) is 0 Å². The number of nitrogens with two attached hydrogens (primary N) is 1. The van der Waals surface area contributed by atoms with Crippen LogP contribution in [-0.4, -0.2) is 21.7 Å². The minimum Gasteiger partial charge on any atom is -0.327 e. The van der Waals surface area contributed by atoms with Gasteiger partial charge in [-0.3, -0.25) is 9.48 Å². The molecule has 0 spiro atoms. The number of amides is 1. The third-order valence-electron chi connectivity index (χ3n) is 4.70. The fourth-order valence-electron chi connectivity index (χ4n) is 3.43. The van der Waals surface area contributed by atoms with Gasteiger partial charge in [-0.1, -0.05) is 11.6 Å². The Bertz CT molecular complexity index is 527. The second-order valence-electron chi connectivity index (χ2n) is 6.38. The molecule has 2 fully saturated rings. The highest BCUT2D eigenvalue weighted by atomic mass is 35.5. The zero-order chi connectivity index (χ0) is 14.4. The zero-order valence-corrected chi connectivity index (χ0v) is 12.6. The van der Waals surface area contributed by atoms with Crippen LogP contribution in [0.25, 0.3) is 0 Å². The molecule has 0 saturated heterocycles. The summed E-state index contributed by atoms with van der Waals surface area (Å²) in [5.41, 5.74) is 5.97. The van der Waals surface area contributed by atoms with Crippen LogP contribution in [0.3, 0.4) is 0 Å². The van der Waals surface area contributed by atoms with E-state index in [-0.39, 0.29) is 17.9 Å². The van der Waals surface area contributed by atoms with E-state index in [1.54, 1.807) is 10.9 Å². The molecule has 4 unspecified atom stereocenters. The van der Waals surface area contributed by atoms with Crippen molar-refractivity contribution >= 4 is 23.3 Å². The van der Waals surface area contributed by atoms with Gasteiger partial charge in [-0.05, 0) is 44.9 Å². The molecule has 2 saturated carbocycles. The van der Waals surface area contributed by atoms with Crippen LogP contribution in [0.1, 0.15) is 39.2 Å². The molecular weight excluding hydrogens is 276 g/mol. The summed E-state index contributed by atoms with van der Waals surface area (Å²) in [6.07, 6.45) is 4.67. The van der Waals surface area contributed by atoms with Crippen LogP contribution in [0.2, 0.25) is 5.02 Å². The van der Waals surface area contributed by atoms with Gasteiger partial charge in [-0.2, -0.15) is 5.10 Å². The number of fused-ring (bicyclic) bond motifs is 1. The molecule has 5 nitrogen and oxygen atoms in total. The van der Waals surface area contributed by atoms with Gasteiger partial charge in [0.15, 0.2) is 5.82 Å². The molecule has 4 atom stereocenters.